The predicted octanol–water partition coefficient (Wildman–Crippen LogP) is 3.54. The summed E-state index contributed by atoms with van der Waals surface area (Å²) in [6.45, 7) is 1.94. The molecule has 1 aliphatic heterocycles. The van der Waals surface area contributed by atoms with Crippen molar-refractivity contribution in [3.05, 3.63) is 89.5 Å². The van der Waals surface area contributed by atoms with Gasteiger partial charge < -0.3 is 10.6 Å². The minimum Gasteiger partial charge on any atom is -0.326 e. The summed E-state index contributed by atoms with van der Waals surface area (Å²) in [6.07, 6.45) is 0.760. The third-order valence-corrected chi connectivity index (χ3v) is 6.69. The zero-order valence-corrected chi connectivity index (χ0v) is 18.3. The molecule has 0 aromatic heterocycles. The molecule has 2 amide bonds. The zero-order chi connectivity index (χ0) is 22.7. The number of amides is 2. The molecule has 4 rings (SSSR count). The fraction of sp³-hybridized carbons (Fsp3) is 0.167. The van der Waals surface area contributed by atoms with Gasteiger partial charge in [0, 0.05) is 17.8 Å². The summed E-state index contributed by atoms with van der Waals surface area (Å²) in [6, 6.07) is 19.4. The highest BCUT2D eigenvalue weighted by molar-refractivity contribution is 7.89. The smallest absolute Gasteiger partial charge is 0.247 e. The number of carbonyl (C=O) groups is 2. The van der Waals surface area contributed by atoms with E-state index in [-0.39, 0.29) is 10.8 Å². The van der Waals surface area contributed by atoms with E-state index >= 15 is 0 Å². The van der Waals surface area contributed by atoms with E-state index in [1.165, 1.54) is 12.1 Å². The van der Waals surface area contributed by atoms with Crippen LogP contribution in [0.4, 0.5) is 11.4 Å². The van der Waals surface area contributed by atoms with E-state index in [0.717, 1.165) is 11.1 Å². The second-order valence-electron chi connectivity index (χ2n) is 7.69. The van der Waals surface area contributed by atoms with Gasteiger partial charge >= 0.3 is 0 Å². The van der Waals surface area contributed by atoms with E-state index in [0.29, 0.717) is 29.8 Å². The summed E-state index contributed by atoms with van der Waals surface area (Å²) in [7, 11) is -4.02. The van der Waals surface area contributed by atoms with E-state index in [4.69, 9.17) is 0 Å². The Morgan fingerprint density at radius 3 is 2.41 bits per heavy atom. The fourth-order valence-corrected chi connectivity index (χ4v) is 4.75. The summed E-state index contributed by atoms with van der Waals surface area (Å²) in [5, 5.41) is 5.52. The molecule has 0 saturated carbocycles. The van der Waals surface area contributed by atoms with Crippen LogP contribution in [0.15, 0.2) is 77.7 Å². The molecular weight excluding hydrogens is 426 g/mol. The Morgan fingerprint density at radius 2 is 1.69 bits per heavy atom. The van der Waals surface area contributed by atoms with Gasteiger partial charge in [0.1, 0.15) is 6.04 Å². The molecule has 3 aromatic carbocycles. The summed E-state index contributed by atoms with van der Waals surface area (Å²) in [5.41, 5.74) is 3.49. The molecule has 3 aromatic rings. The number of rotatable bonds is 6. The minimum absolute atomic E-state index is 0.0384. The molecule has 32 heavy (non-hydrogen) atoms. The average molecular weight is 450 g/mol. The molecule has 0 radical (unpaired) electrons. The van der Waals surface area contributed by atoms with Gasteiger partial charge in [-0.1, -0.05) is 48.0 Å². The second kappa shape index (κ2) is 8.94. The van der Waals surface area contributed by atoms with Gasteiger partial charge in [0.15, 0.2) is 0 Å². The molecule has 164 valence electrons. The highest BCUT2D eigenvalue weighted by Gasteiger charge is 2.28. The van der Waals surface area contributed by atoms with Gasteiger partial charge in [-0.3, -0.25) is 9.59 Å². The molecule has 8 heteroatoms. The van der Waals surface area contributed by atoms with Crippen molar-refractivity contribution in [2.24, 2.45) is 0 Å². The summed E-state index contributed by atoms with van der Waals surface area (Å²) < 4.78 is 28.9. The molecule has 0 fully saturated rings. The van der Waals surface area contributed by atoms with Crippen molar-refractivity contribution in [1.29, 1.82) is 0 Å². The Balaban J connectivity index is 1.62. The van der Waals surface area contributed by atoms with E-state index < -0.39 is 22.0 Å². The SMILES string of the molecule is Cc1ccc(NC(=O)[C@H](NS(=O)(=O)c2ccc3c(c2)CCC(=O)N3)c2ccccc2)cc1. The summed E-state index contributed by atoms with van der Waals surface area (Å²) >= 11 is 0. The van der Waals surface area contributed by atoms with Gasteiger partial charge in [-0.05, 0) is 54.8 Å². The first-order chi connectivity index (χ1) is 15.3. The normalized spacial score (nSPS) is 14.2. The highest BCUT2D eigenvalue weighted by atomic mass is 32.2. The molecular formula is C24H23N3O4S. The maximum absolute atomic E-state index is 13.2. The third kappa shape index (κ3) is 4.87. The van der Waals surface area contributed by atoms with Crippen LogP contribution < -0.4 is 15.4 Å². The van der Waals surface area contributed by atoms with Crippen LogP contribution in [0.1, 0.15) is 29.2 Å². The topological polar surface area (TPSA) is 104 Å². The van der Waals surface area contributed by atoms with Crippen LogP contribution >= 0.6 is 0 Å². The van der Waals surface area contributed by atoms with Crippen molar-refractivity contribution >= 4 is 33.2 Å². The van der Waals surface area contributed by atoms with E-state index in [1.54, 1.807) is 48.5 Å². The number of benzene rings is 3. The molecule has 1 heterocycles. The maximum atomic E-state index is 13.2. The quantitative estimate of drug-likeness (QED) is 0.535. The van der Waals surface area contributed by atoms with E-state index in [9.17, 15) is 18.0 Å². The third-order valence-electron chi connectivity index (χ3n) is 5.27. The predicted molar refractivity (Wildman–Crippen MR) is 123 cm³/mol. The fourth-order valence-electron chi connectivity index (χ4n) is 3.52. The first-order valence-electron chi connectivity index (χ1n) is 10.2. The number of anilines is 2. The Hall–Kier alpha value is -3.49. The molecule has 1 atom stereocenters. The van der Waals surface area contributed by atoms with E-state index in [2.05, 4.69) is 15.4 Å². The van der Waals surface area contributed by atoms with Crippen LogP contribution in [0.3, 0.4) is 0 Å². The van der Waals surface area contributed by atoms with Crippen LogP contribution in [-0.2, 0) is 26.0 Å². The molecule has 3 N–H and O–H groups in total. The summed E-state index contributed by atoms with van der Waals surface area (Å²) in [5.74, 6) is -0.586. The van der Waals surface area contributed by atoms with Crippen LogP contribution in [0.5, 0.6) is 0 Å². The lowest BCUT2D eigenvalue weighted by molar-refractivity contribution is -0.118. The summed E-state index contributed by atoms with van der Waals surface area (Å²) in [4.78, 5) is 24.7. The van der Waals surface area contributed by atoms with Crippen molar-refractivity contribution < 1.29 is 18.0 Å². The standard InChI is InChI=1S/C24H23N3O4S/c1-16-7-10-19(11-8-16)25-24(29)23(17-5-3-2-4-6-17)27-32(30,31)20-12-13-21-18(15-20)9-14-22(28)26-21/h2-8,10-13,15,23,27H,9,14H2,1H3,(H,25,29)(H,26,28)/t23-/m1/s1. The number of fused-ring (bicyclic) bond motifs is 1. The van der Waals surface area contributed by atoms with Gasteiger partial charge in [0.05, 0.1) is 4.90 Å². The van der Waals surface area contributed by atoms with Gasteiger partial charge in [-0.2, -0.15) is 4.72 Å². The van der Waals surface area contributed by atoms with Gasteiger partial charge in [0.2, 0.25) is 21.8 Å². The monoisotopic (exact) mass is 449 g/mol. The number of hydrogen-bond acceptors (Lipinski definition) is 4. The number of hydrogen-bond donors (Lipinski definition) is 3. The van der Waals surface area contributed by atoms with Crippen molar-refractivity contribution in [3.8, 4) is 0 Å². The Bertz CT molecular complexity index is 1260. The van der Waals surface area contributed by atoms with Crippen LogP contribution in [0, 0.1) is 6.92 Å². The first-order valence-corrected chi connectivity index (χ1v) is 11.7. The lowest BCUT2D eigenvalue weighted by Crippen LogP contribution is -2.37. The van der Waals surface area contributed by atoms with Crippen LogP contribution in [-0.4, -0.2) is 20.2 Å². The molecule has 0 spiro atoms. The van der Waals surface area contributed by atoms with Crippen molar-refractivity contribution in [2.45, 2.75) is 30.7 Å². The number of sulfonamides is 1. The molecule has 0 unspecified atom stereocenters. The van der Waals surface area contributed by atoms with E-state index in [1.807, 2.05) is 19.1 Å². The van der Waals surface area contributed by atoms with Crippen LogP contribution in [0.25, 0.3) is 0 Å². The molecule has 1 aliphatic rings. The molecule has 7 nitrogen and oxygen atoms in total. The lowest BCUT2D eigenvalue weighted by atomic mass is 10.0. The molecule has 0 bridgehead atoms. The minimum atomic E-state index is -4.02. The molecule has 0 aliphatic carbocycles. The van der Waals surface area contributed by atoms with Crippen molar-refractivity contribution in [1.82, 2.24) is 4.72 Å². The van der Waals surface area contributed by atoms with Crippen molar-refractivity contribution in [3.63, 3.8) is 0 Å². The molecule has 0 saturated heterocycles. The average Bonchev–Trinajstić information content (AvgIpc) is 2.79. The lowest BCUT2D eigenvalue weighted by Gasteiger charge is -2.21. The van der Waals surface area contributed by atoms with Gasteiger partial charge in [-0.25, -0.2) is 8.42 Å². The first kappa shape index (κ1) is 21.7. The Labute approximate surface area is 186 Å². The largest absolute Gasteiger partial charge is 0.326 e. The maximum Gasteiger partial charge on any atom is 0.247 e. The number of carbonyl (C=O) groups excluding carboxylic acids is 2. The second-order valence-corrected chi connectivity index (χ2v) is 9.40. The Kier molecular flexibility index (Phi) is 6.07. The van der Waals surface area contributed by atoms with Gasteiger partial charge in [-0.15, -0.1) is 0 Å². The van der Waals surface area contributed by atoms with Crippen LogP contribution in [0.2, 0.25) is 0 Å². The number of nitrogens with one attached hydrogen (secondary N) is 3. The zero-order valence-electron chi connectivity index (χ0n) is 17.5. The van der Waals surface area contributed by atoms with Gasteiger partial charge in [0.25, 0.3) is 0 Å². The van der Waals surface area contributed by atoms with Crippen molar-refractivity contribution in [2.75, 3.05) is 10.6 Å². The highest BCUT2D eigenvalue weighted by Crippen LogP contribution is 2.27. The number of aryl methyl sites for hydroxylation is 2. The Morgan fingerprint density at radius 1 is 0.969 bits per heavy atom.